The highest BCUT2D eigenvalue weighted by Crippen LogP contribution is 2.41. The number of thiazole rings is 1. The van der Waals surface area contributed by atoms with Crippen molar-refractivity contribution in [1.29, 1.82) is 0 Å². The number of aryl methyl sites for hydroxylation is 1. The van der Waals surface area contributed by atoms with Crippen LogP contribution in [0.15, 0.2) is 15.1 Å². The summed E-state index contributed by atoms with van der Waals surface area (Å²) < 4.78 is 34.7. The molecule has 4 heterocycles. The number of carboxylic acids is 1. The number of rotatable bonds is 3. The molecule has 0 unspecified atom stereocenters. The lowest BCUT2D eigenvalue weighted by Crippen LogP contribution is -2.47. The molecular formula is C20H26F3N5O4S. The average Bonchev–Trinajstić information content (AvgIpc) is 3.30. The second kappa shape index (κ2) is 9.37. The van der Waals surface area contributed by atoms with Crippen LogP contribution in [-0.2, 0) is 23.3 Å². The van der Waals surface area contributed by atoms with Crippen LogP contribution in [0.3, 0.4) is 0 Å². The molecular weight excluding hydrogens is 463 g/mol. The van der Waals surface area contributed by atoms with Crippen LogP contribution < -0.4 is 11.1 Å². The molecule has 0 radical (unpaired) electrons. The topological polar surface area (TPSA) is 110 Å². The molecule has 9 nitrogen and oxygen atoms in total. The van der Waals surface area contributed by atoms with Crippen LogP contribution in [0.5, 0.6) is 0 Å². The van der Waals surface area contributed by atoms with Gasteiger partial charge in [0.05, 0.1) is 17.2 Å². The van der Waals surface area contributed by atoms with E-state index in [1.807, 2.05) is 19.4 Å². The number of carbonyl (C=O) groups is 1. The number of aliphatic carboxylic acids is 1. The van der Waals surface area contributed by atoms with Gasteiger partial charge in [0.15, 0.2) is 0 Å². The summed E-state index contributed by atoms with van der Waals surface area (Å²) >= 11 is 1.72. The van der Waals surface area contributed by atoms with E-state index in [2.05, 4.69) is 21.9 Å². The zero-order chi connectivity index (χ0) is 24.6. The summed E-state index contributed by atoms with van der Waals surface area (Å²) in [5, 5.41) is 11.8. The lowest BCUT2D eigenvalue weighted by molar-refractivity contribution is -0.192. The highest BCUT2D eigenvalue weighted by Gasteiger charge is 2.44. The van der Waals surface area contributed by atoms with E-state index < -0.39 is 23.3 Å². The van der Waals surface area contributed by atoms with E-state index >= 15 is 0 Å². The number of hydrogen-bond donors (Lipinski definition) is 1. The van der Waals surface area contributed by atoms with Crippen LogP contribution in [0, 0.1) is 6.92 Å². The molecule has 0 atom stereocenters. The number of halogens is 3. The third-order valence-electron chi connectivity index (χ3n) is 6.14. The molecule has 0 aliphatic carbocycles. The molecule has 2 aromatic rings. The van der Waals surface area contributed by atoms with Crippen molar-refractivity contribution >= 4 is 17.3 Å². The highest BCUT2D eigenvalue weighted by atomic mass is 32.1. The quantitative estimate of drug-likeness (QED) is 0.659. The molecule has 1 saturated heterocycles. The molecule has 182 valence electrons. The minimum Gasteiger partial charge on any atom is -0.475 e. The predicted molar refractivity (Wildman–Crippen MR) is 114 cm³/mol. The monoisotopic (exact) mass is 489 g/mol. The standard InChI is InChI=1S/C18H25N5O2S.C2HF3O2/c1-12(2)23-16(25)15(24)22-9-6-18(17(22)20-23)4-7-21(8-5-18)10-14-13(3)19-11-26-14;3-2(4,5)1(6)7/h11-12H,4-10H2,1-3H3;(H,6,7). The predicted octanol–water partition coefficient (Wildman–Crippen LogP) is 2.32. The Kier molecular flexibility index (Phi) is 7.13. The van der Waals surface area contributed by atoms with Crippen molar-refractivity contribution < 1.29 is 23.1 Å². The Balaban J connectivity index is 0.000000383. The van der Waals surface area contributed by atoms with E-state index in [9.17, 15) is 22.8 Å². The molecule has 1 spiro atoms. The number of carboxylic acid groups (broad SMARTS) is 1. The Labute approximate surface area is 191 Å². The maximum atomic E-state index is 12.5. The zero-order valence-electron chi connectivity index (χ0n) is 18.6. The van der Waals surface area contributed by atoms with Crippen molar-refractivity contribution in [3.8, 4) is 0 Å². The van der Waals surface area contributed by atoms with Gasteiger partial charge in [-0.3, -0.25) is 19.1 Å². The molecule has 33 heavy (non-hydrogen) atoms. The summed E-state index contributed by atoms with van der Waals surface area (Å²) in [6.07, 6.45) is -2.22. The van der Waals surface area contributed by atoms with E-state index in [0.29, 0.717) is 6.54 Å². The number of fused-ring (bicyclic) bond motifs is 2. The number of aromatic nitrogens is 4. The molecule has 4 rings (SSSR count). The normalized spacial score (nSPS) is 17.7. The fraction of sp³-hybridized carbons (Fsp3) is 0.650. The second-order valence-corrected chi connectivity index (χ2v) is 9.53. The van der Waals surface area contributed by atoms with Crippen LogP contribution in [0.4, 0.5) is 13.2 Å². The van der Waals surface area contributed by atoms with Crippen molar-refractivity contribution in [2.75, 3.05) is 13.1 Å². The van der Waals surface area contributed by atoms with Gasteiger partial charge in [-0.2, -0.15) is 18.3 Å². The van der Waals surface area contributed by atoms with E-state index in [1.54, 1.807) is 15.9 Å². The van der Waals surface area contributed by atoms with Gasteiger partial charge in [0.2, 0.25) is 0 Å². The van der Waals surface area contributed by atoms with Gasteiger partial charge in [-0.05, 0) is 53.1 Å². The highest BCUT2D eigenvalue weighted by molar-refractivity contribution is 7.09. The lowest BCUT2D eigenvalue weighted by atomic mass is 9.76. The van der Waals surface area contributed by atoms with Crippen molar-refractivity contribution in [1.82, 2.24) is 24.2 Å². The van der Waals surface area contributed by atoms with Gasteiger partial charge in [-0.15, -0.1) is 11.3 Å². The maximum absolute atomic E-state index is 12.5. The Bertz CT molecular complexity index is 1130. The second-order valence-electron chi connectivity index (χ2n) is 8.59. The summed E-state index contributed by atoms with van der Waals surface area (Å²) in [6.45, 7) is 9.37. The molecule has 0 amide bonds. The Morgan fingerprint density at radius 2 is 1.76 bits per heavy atom. The zero-order valence-corrected chi connectivity index (χ0v) is 19.4. The van der Waals surface area contributed by atoms with Gasteiger partial charge in [0.1, 0.15) is 5.82 Å². The van der Waals surface area contributed by atoms with Crippen molar-refractivity contribution in [3.63, 3.8) is 0 Å². The molecule has 0 bridgehead atoms. The molecule has 2 aliphatic heterocycles. The molecule has 0 aromatic carbocycles. The Morgan fingerprint density at radius 1 is 1.18 bits per heavy atom. The fourth-order valence-corrected chi connectivity index (χ4v) is 5.01. The smallest absolute Gasteiger partial charge is 0.475 e. The lowest BCUT2D eigenvalue weighted by Gasteiger charge is -2.38. The molecule has 1 N–H and O–H groups in total. The molecule has 2 aliphatic rings. The third-order valence-corrected chi connectivity index (χ3v) is 7.06. The number of hydrogen-bond acceptors (Lipinski definition) is 7. The first-order chi connectivity index (χ1) is 15.4. The number of likely N-dealkylation sites (tertiary alicyclic amines) is 1. The van der Waals surface area contributed by atoms with Crippen molar-refractivity contribution in [2.45, 2.75) is 70.8 Å². The first-order valence-electron chi connectivity index (χ1n) is 10.5. The first-order valence-corrected chi connectivity index (χ1v) is 11.4. The van der Waals surface area contributed by atoms with Gasteiger partial charge >= 0.3 is 23.3 Å². The number of piperidine rings is 1. The minimum atomic E-state index is -5.08. The summed E-state index contributed by atoms with van der Waals surface area (Å²) in [4.78, 5) is 41.8. The number of alkyl halides is 3. The van der Waals surface area contributed by atoms with Gasteiger partial charge in [0.25, 0.3) is 0 Å². The maximum Gasteiger partial charge on any atom is 0.490 e. The largest absolute Gasteiger partial charge is 0.490 e. The first kappa shape index (κ1) is 25.1. The van der Waals surface area contributed by atoms with E-state index in [0.717, 1.165) is 50.4 Å². The van der Waals surface area contributed by atoms with Crippen LogP contribution in [-0.4, -0.2) is 54.6 Å². The van der Waals surface area contributed by atoms with E-state index in [4.69, 9.17) is 9.90 Å². The van der Waals surface area contributed by atoms with Crippen LogP contribution >= 0.6 is 11.3 Å². The van der Waals surface area contributed by atoms with Crippen molar-refractivity contribution in [3.05, 3.63) is 42.6 Å². The molecule has 1 fully saturated rings. The molecule has 2 aromatic heterocycles. The van der Waals surface area contributed by atoms with E-state index in [1.165, 1.54) is 9.56 Å². The third kappa shape index (κ3) is 5.18. The summed E-state index contributed by atoms with van der Waals surface area (Å²) in [6, 6.07) is -0.104. The van der Waals surface area contributed by atoms with Gasteiger partial charge < -0.3 is 5.11 Å². The van der Waals surface area contributed by atoms with Gasteiger partial charge in [-0.25, -0.2) is 14.5 Å². The Morgan fingerprint density at radius 3 is 2.24 bits per heavy atom. The SMILES string of the molecule is Cc1ncsc1CN1CCC2(CC1)CCn1c2nn(C(C)C)c(=O)c1=O.O=C(O)C(F)(F)F. The summed E-state index contributed by atoms with van der Waals surface area (Å²) in [5.41, 5.74) is 2.05. The summed E-state index contributed by atoms with van der Waals surface area (Å²) in [7, 11) is 0. The van der Waals surface area contributed by atoms with Crippen LogP contribution in [0.2, 0.25) is 0 Å². The minimum absolute atomic E-state index is 0.0667. The van der Waals surface area contributed by atoms with Crippen LogP contribution in [0.25, 0.3) is 0 Å². The van der Waals surface area contributed by atoms with Crippen LogP contribution in [0.1, 0.15) is 55.5 Å². The van der Waals surface area contributed by atoms with Gasteiger partial charge in [-0.1, -0.05) is 0 Å². The summed E-state index contributed by atoms with van der Waals surface area (Å²) in [5.74, 6) is -1.93. The van der Waals surface area contributed by atoms with Gasteiger partial charge in [0, 0.05) is 23.4 Å². The van der Waals surface area contributed by atoms with Crippen molar-refractivity contribution in [2.24, 2.45) is 0 Å². The Hall–Kier alpha value is -2.54. The number of nitrogens with zero attached hydrogens (tertiary/aromatic N) is 5. The average molecular weight is 490 g/mol. The molecule has 13 heteroatoms. The molecule has 0 saturated carbocycles. The fourth-order valence-electron chi connectivity index (χ4n) is 4.19. The van der Waals surface area contributed by atoms with E-state index in [-0.39, 0.29) is 11.5 Å².